The second kappa shape index (κ2) is 8.05. The maximum atomic E-state index is 8.65. The molecule has 1 aromatic rings. The van der Waals surface area contributed by atoms with E-state index >= 15 is 0 Å². The Labute approximate surface area is 100 Å². The van der Waals surface area contributed by atoms with E-state index in [1.165, 1.54) is 4.88 Å². The molecule has 0 bridgehead atoms. The predicted molar refractivity (Wildman–Crippen MR) is 66.4 cm³/mol. The Bertz CT molecular complexity index is 354. The van der Waals surface area contributed by atoms with Crippen LogP contribution < -0.4 is 5.32 Å². The van der Waals surface area contributed by atoms with Crippen molar-refractivity contribution in [3.8, 4) is 6.07 Å². The van der Waals surface area contributed by atoms with Crippen LogP contribution in [0.5, 0.6) is 0 Å². The fraction of sp³-hybridized carbons (Fsp3) is 0.417. The monoisotopic (exact) mass is 236 g/mol. The molecule has 0 radical (unpaired) electrons. The van der Waals surface area contributed by atoms with Crippen LogP contribution in [0, 0.1) is 11.3 Å². The zero-order valence-corrected chi connectivity index (χ0v) is 10.1. The van der Waals surface area contributed by atoms with E-state index in [-0.39, 0.29) is 0 Å². The van der Waals surface area contributed by atoms with Gasteiger partial charge in [0, 0.05) is 23.3 Å². The number of nitriles is 1. The van der Waals surface area contributed by atoms with Crippen molar-refractivity contribution in [3.05, 3.63) is 34.5 Å². The van der Waals surface area contributed by atoms with E-state index in [4.69, 9.17) is 10.00 Å². The molecule has 1 N–H and O–H groups in total. The highest BCUT2D eigenvalue weighted by atomic mass is 32.1. The molecule has 0 saturated carbocycles. The molecular formula is C12H16N2OS. The summed E-state index contributed by atoms with van der Waals surface area (Å²) in [5, 5.41) is 13.8. The van der Waals surface area contributed by atoms with E-state index in [1.54, 1.807) is 11.3 Å². The molecule has 0 spiro atoms. The zero-order chi connectivity index (χ0) is 11.6. The average molecular weight is 236 g/mol. The summed E-state index contributed by atoms with van der Waals surface area (Å²) >= 11 is 1.61. The molecule has 3 nitrogen and oxygen atoms in total. The molecule has 0 aliphatic heterocycles. The Balaban J connectivity index is 2.03. The Hall–Kier alpha value is -1.15. The quantitative estimate of drug-likeness (QED) is 0.556. The first kappa shape index (κ1) is 12.9. The molecule has 0 fully saturated rings. The molecule has 86 valence electrons. The van der Waals surface area contributed by atoms with Crippen molar-refractivity contribution in [2.24, 2.45) is 0 Å². The number of nitrogens with zero attached hydrogens (tertiary/aromatic N) is 1. The summed E-state index contributed by atoms with van der Waals surface area (Å²) in [6, 6.07) is 4.03. The summed E-state index contributed by atoms with van der Waals surface area (Å²) in [6.45, 7) is 6.71. The highest BCUT2D eigenvalue weighted by Gasteiger charge is 1.97. The second-order valence-corrected chi connectivity index (χ2v) is 4.28. The van der Waals surface area contributed by atoms with Gasteiger partial charge in [0.2, 0.25) is 0 Å². The van der Waals surface area contributed by atoms with E-state index in [9.17, 15) is 0 Å². The van der Waals surface area contributed by atoms with Crippen molar-refractivity contribution in [1.29, 1.82) is 5.26 Å². The summed E-state index contributed by atoms with van der Waals surface area (Å²) in [6.07, 6.45) is 2.75. The summed E-state index contributed by atoms with van der Waals surface area (Å²) < 4.78 is 5.36. The third-order valence-corrected chi connectivity index (χ3v) is 2.91. The Morgan fingerprint density at radius 3 is 3.12 bits per heavy atom. The lowest BCUT2D eigenvalue weighted by molar-refractivity contribution is 0.140. The minimum Gasteiger partial charge on any atom is -0.380 e. The molecule has 0 amide bonds. The minimum atomic E-state index is 0.713. The molecule has 1 rings (SSSR count). The van der Waals surface area contributed by atoms with E-state index in [1.807, 2.05) is 17.5 Å². The lowest BCUT2D eigenvalue weighted by atomic mass is 10.3. The van der Waals surface area contributed by atoms with Gasteiger partial charge in [0.15, 0.2) is 0 Å². The van der Waals surface area contributed by atoms with Crippen molar-refractivity contribution in [1.82, 2.24) is 5.32 Å². The SMILES string of the molecule is C=CCCOCCNCc1cc(C#N)cs1. The fourth-order valence-corrected chi connectivity index (χ4v) is 1.94. The van der Waals surface area contributed by atoms with Gasteiger partial charge in [0.25, 0.3) is 0 Å². The van der Waals surface area contributed by atoms with Crippen LogP contribution >= 0.6 is 11.3 Å². The molecule has 0 atom stereocenters. The minimum absolute atomic E-state index is 0.713. The first-order valence-electron chi connectivity index (χ1n) is 5.23. The van der Waals surface area contributed by atoms with E-state index < -0.39 is 0 Å². The number of rotatable bonds is 8. The van der Waals surface area contributed by atoms with E-state index in [0.29, 0.717) is 6.61 Å². The lowest BCUT2D eigenvalue weighted by Gasteiger charge is -2.03. The highest BCUT2D eigenvalue weighted by molar-refractivity contribution is 7.10. The molecule has 4 heteroatoms. The first-order chi connectivity index (χ1) is 7.86. The van der Waals surface area contributed by atoms with Crippen LogP contribution in [0.2, 0.25) is 0 Å². The van der Waals surface area contributed by atoms with Gasteiger partial charge in [-0.15, -0.1) is 17.9 Å². The molecule has 1 aromatic heterocycles. The number of nitrogens with one attached hydrogen (secondary N) is 1. The van der Waals surface area contributed by atoms with Crippen LogP contribution in [0.4, 0.5) is 0 Å². The van der Waals surface area contributed by atoms with Gasteiger partial charge in [0.1, 0.15) is 6.07 Å². The van der Waals surface area contributed by atoms with Crippen molar-refractivity contribution >= 4 is 11.3 Å². The Morgan fingerprint density at radius 2 is 2.44 bits per heavy atom. The van der Waals surface area contributed by atoms with Crippen LogP contribution in [0.25, 0.3) is 0 Å². The van der Waals surface area contributed by atoms with Crippen molar-refractivity contribution in [2.45, 2.75) is 13.0 Å². The molecule has 0 unspecified atom stereocenters. The molecule has 0 saturated heterocycles. The van der Waals surface area contributed by atoms with Gasteiger partial charge in [-0.3, -0.25) is 0 Å². The number of hydrogen-bond donors (Lipinski definition) is 1. The molecule has 0 aliphatic rings. The zero-order valence-electron chi connectivity index (χ0n) is 9.24. The van der Waals surface area contributed by atoms with Crippen LogP contribution in [0.15, 0.2) is 24.1 Å². The Kier molecular flexibility index (Phi) is 6.50. The van der Waals surface area contributed by atoms with E-state index in [2.05, 4.69) is 18.0 Å². The largest absolute Gasteiger partial charge is 0.380 e. The molecule has 0 aliphatic carbocycles. The van der Waals surface area contributed by atoms with Crippen LogP contribution in [0.3, 0.4) is 0 Å². The number of thiophene rings is 1. The predicted octanol–water partition coefficient (Wildman–Crippen LogP) is 2.30. The maximum Gasteiger partial charge on any atom is 0.100 e. The fourth-order valence-electron chi connectivity index (χ4n) is 1.16. The van der Waals surface area contributed by atoms with Gasteiger partial charge >= 0.3 is 0 Å². The van der Waals surface area contributed by atoms with Crippen LogP contribution in [-0.4, -0.2) is 19.8 Å². The summed E-state index contributed by atoms with van der Waals surface area (Å²) in [5.74, 6) is 0. The van der Waals surface area contributed by atoms with Crippen molar-refractivity contribution < 1.29 is 4.74 Å². The summed E-state index contributed by atoms with van der Waals surface area (Å²) in [5.41, 5.74) is 0.740. The van der Waals surface area contributed by atoms with Gasteiger partial charge in [-0.2, -0.15) is 5.26 Å². The van der Waals surface area contributed by atoms with Crippen LogP contribution in [0.1, 0.15) is 16.9 Å². The number of hydrogen-bond acceptors (Lipinski definition) is 4. The summed E-state index contributed by atoms with van der Waals surface area (Å²) in [7, 11) is 0. The highest BCUT2D eigenvalue weighted by Crippen LogP contribution is 2.12. The Morgan fingerprint density at radius 1 is 1.56 bits per heavy atom. The normalized spacial score (nSPS) is 9.94. The van der Waals surface area contributed by atoms with Crippen molar-refractivity contribution in [2.75, 3.05) is 19.8 Å². The van der Waals surface area contributed by atoms with Gasteiger partial charge in [-0.1, -0.05) is 6.08 Å². The topological polar surface area (TPSA) is 45.0 Å². The van der Waals surface area contributed by atoms with Gasteiger partial charge < -0.3 is 10.1 Å². The van der Waals surface area contributed by atoms with Gasteiger partial charge in [0.05, 0.1) is 18.8 Å². The third kappa shape index (κ3) is 5.08. The van der Waals surface area contributed by atoms with Gasteiger partial charge in [-0.25, -0.2) is 0 Å². The van der Waals surface area contributed by atoms with E-state index in [0.717, 1.165) is 31.7 Å². The lowest BCUT2D eigenvalue weighted by Crippen LogP contribution is -2.18. The third-order valence-electron chi connectivity index (χ3n) is 1.97. The molecule has 16 heavy (non-hydrogen) atoms. The first-order valence-corrected chi connectivity index (χ1v) is 6.11. The number of ether oxygens (including phenoxy) is 1. The summed E-state index contributed by atoms with van der Waals surface area (Å²) in [4.78, 5) is 1.18. The molecular weight excluding hydrogens is 220 g/mol. The standard InChI is InChI=1S/C12H16N2OS/c1-2-3-5-15-6-4-14-9-12-7-11(8-13)10-16-12/h2,7,10,14H,1,3-6,9H2. The van der Waals surface area contributed by atoms with Gasteiger partial charge in [-0.05, 0) is 12.5 Å². The molecule has 1 heterocycles. The van der Waals surface area contributed by atoms with Crippen LogP contribution in [-0.2, 0) is 11.3 Å². The smallest absolute Gasteiger partial charge is 0.100 e. The van der Waals surface area contributed by atoms with Crippen molar-refractivity contribution in [3.63, 3.8) is 0 Å². The average Bonchev–Trinajstić information content (AvgIpc) is 2.76. The maximum absolute atomic E-state index is 8.65. The second-order valence-electron chi connectivity index (χ2n) is 3.28. The molecule has 0 aromatic carbocycles.